The number of esters is 1. The Morgan fingerprint density at radius 1 is 0.486 bits per heavy atom. The summed E-state index contributed by atoms with van der Waals surface area (Å²) < 4.78 is 30.2. The highest BCUT2D eigenvalue weighted by Gasteiger charge is 2.27. The van der Waals surface area contributed by atoms with E-state index in [4.69, 9.17) is 13.8 Å². The molecule has 0 spiro atoms. The molecule has 0 heterocycles. The van der Waals surface area contributed by atoms with Gasteiger partial charge < -0.3 is 28.5 Å². The van der Waals surface area contributed by atoms with Gasteiger partial charge in [-0.15, -0.1) is 0 Å². The number of unbranched alkanes of at least 4 members (excludes halogenated alkanes) is 26. The van der Waals surface area contributed by atoms with Gasteiger partial charge in [0.25, 0.3) is 7.82 Å². The summed E-state index contributed by atoms with van der Waals surface area (Å²) in [6, 6.07) is -0.897. The van der Waals surface area contributed by atoms with Crippen molar-refractivity contribution in [2.75, 3.05) is 40.9 Å². The highest BCUT2D eigenvalue weighted by atomic mass is 31.2. The van der Waals surface area contributed by atoms with Gasteiger partial charge in [0.15, 0.2) is 0 Å². The Labute approximate surface area is 456 Å². The largest absolute Gasteiger partial charge is 0.756 e. The van der Waals surface area contributed by atoms with Crippen LogP contribution in [0.3, 0.4) is 0 Å². The SMILES string of the molecule is CC/C=C\C/C=C\C/C=C\C/C=C\C/C=C\CCCCCCCCCCCC(=O)OC(/C=C\CCCCCCCCCCCC)C(COP(=O)([O-])OCC[N+](C)(C)C)NC(=O)CCCCCCC/C=C\CCCC. The molecule has 1 amide bonds. The molecule has 3 atom stereocenters. The Balaban J connectivity index is 5.14. The summed E-state index contributed by atoms with van der Waals surface area (Å²) in [6.45, 7) is 6.67. The standard InChI is InChI=1S/C64H115N2O7P/c1-7-10-13-16-19-22-25-27-28-29-30-31-32-33-34-35-36-37-38-39-42-45-48-51-54-57-64(68)73-62(55-52-49-46-43-41-26-23-20-17-14-11-8-2)61(60-72-74(69,70)71-59-58-66(4,5)6)65-63(67)56-53-50-47-44-40-24-21-18-15-12-9-3/h10,13,18-19,21-22,27-28,30-31,33-34,52,55,61-62H,7-9,11-12,14-17,20,23-26,29,32,35-51,53-54,56-60H2,1-6H3,(H-,65,67,69,70)/b13-10-,21-18-,22-19-,28-27-,31-30-,34-33-,55-52-. The number of carbonyl (C=O) groups is 2. The molecular weight excluding hydrogens is 940 g/mol. The first kappa shape index (κ1) is 71.2. The maximum absolute atomic E-state index is 13.5. The van der Waals surface area contributed by atoms with Crippen molar-refractivity contribution in [2.45, 2.75) is 270 Å². The Hall–Kier alpha value is -2.81. The fourth-order valence-electron chi connectivity index (χ4n) is 8.35. The first-order valence-corrected chi connectivity index (χ1v) is 31.9. The van der Waals surface area contributed by atoms with Crippen LogP contribution in [0.1, 0.15) is 258 Å². The summed E-state index contributed by atoms with van der Waals surface area (Å²) in [5.74, 6) is -0.561. The van der Waals surface area contributed by atoms with Crippen molar-refractivity contribution in [3.63, 3.8) is 0 Å². The van der Waals surface area contributed by atoms with E-state index in [-0.39, 0.29) is 24.9 Å². The maximum Gasteiger partial charge on any atom is 0.306 e. The molecule has 0 aromatic rings. The van der Waals surface area contributed by atoms with Crippen molar-refractivity contribution < 1.29 is 37.3 Å². The van der Waals surface area contributed by atoms with Crippen LogP contribution in [-0.4, -0.2) is 69.4 Å². The predicted molar refractivity (Wildman–Crippen MR) is 316 cm³/mol. The monoisotopic (exact) mass is 1050 g/mol. The zero-order chi connectivity index (χ0) is 54.3. The number of nitrogens with one attached hydrogen (secondary N) is 1. The lowest BCUT2D eigenvalue weighted by Gasteiger charge is -2.30. The van der Waals surface area contributed by atoms with Gasteiger partial charge in [-0.1, -0.05) is 235 Å². The second kappa shape index (κ2) is 53.6. The van der Waals surface area contributed by atoms with Crippen molar-refractivity contribution in [3.8, 4) is 0 Å². The number of phosphoric ester groups is 1. The summed E-state index contributed by atoms with van der Waals surface area (Å²) in [5, 5.41) is 3.01. The van der Waals surface area contributed by atoms with E-state index < -0.39 is 26.6 Å². The maximum atomic E-state index is 13.5. The summed E-state index contributed by atoms with van der Waals surface area (Å²) in [4.78, 5) is 39.9. The van der Waals surface area contributed by atoms with Crippen LogP contribution in [0, 0.1) is 0 Å². The highest BCUT2D eigenvalue weighted by molar-refractivity contribution is 7.45. The molecule has 0 rings (SSSR count). The highest BCUT2D eigenvalue weighted by Crippen LogP contribution is 2.38. The third-order valence-electron chi connectivity index (χ3n) is 13.1. The summed E-state index contributed by atoms with van der Waals surface area (Å²) in [6.07, 6.45) is 69.8. The molecular formula is C64H115N2O7P. The van der Waals surface area contributed by atoms with Crippen LogP contribution in [0.4, 0.5) is 0 Å². The average Bonchev–Trinajstić information content (AvgIpc) is 3.36. The molecule has 428 valence electrons. The summed E-state index contributed by atoms with van der Waals surface area (Å²) in [5.41, 5.74) is 0. The van der Waals surface area contributed by atoms with Crippen molar-refractivity contribution in [1.29, 1.82) is 0 Å². The molecule has 1 N–H and O–H groups in total. The number of likely N-dealkylation sites (N-methyl/N-ethyl adjacent to an activating group) is 1. The van der Waals surface area contributed by atoms with Crippen LogP contribution in [0.15, 0.2) is 85.1 Å². The third kappa shape index (κ3) is 54.0. The molecule has 0 aliphatic carbocycles. The minimum absolute atomic E-state index is 0.0277. The molecule has 0 bridgehead atoms. The molecule has 10 heteroatoms. The summed E-state index contributed by atoms with van der Waals surface area (Å²) in [7, 11) is 1.17. The molecule has 0 aliphatic heterocycles. The predicted octanol–water partition coefficient (Wildman–Crippen LogP) is 18.0. The lowest BCUT2D eigenvalue weighted by Crippen LogP contribution is -2.47. The van der Waals surface area contributed by atoms with Crippen molar-refractivity contribution in [3.05, 3.63) is 85.1 Å². The molecule has 0 saturated heterocycles. The molecule has 3 unspecified atom stereocenters. The Morgan fingerprint density at radius 3 is 1.35 bits per heavy atom. The van der Waals surface area contributed by atoms with E-state index in [9.17, 15) is 19.0 Å². The van der Waals surface area contributed by atoms with E-state index in [1.165, 1.54) is 96.3 Å². The first-order chi connectivity index (χ1) is 35.9. The number of rotatable bonds is 54. The minimum Gasteiger partial charge on any atom is -0.756 e. The minimum atomic E-state index is -4.70. The fraction of sp³-hybridized carbons (Fsp3) is 0.750. The van der Waals surface area contributed by atoms with Crippen LogP contribution < -0.4 is 10.2 Å². The summed E-state index contributed by atoms with van der Waals surface area (Å²) >= 11 is 0. The van der Waals surface area contributed by atoms with E-state index in [2.05, 4.69) is 99.0 Å². The molecule has 0 aliphatic rings. The van der Waals surface area contributed by atoms with E-state index in [0.29, 0.717) is 17.4 Å². The Morgan fingerprint density at radius 2 is 0.878 bits per heavy atom. The molecule has 0 radical (unpaired) electrons. The number of amides is 1. The van der Waals surface area contributed by atoms with Crippen molar-refractivity contribution >= 4 is 19.7 Å². The topological polar surface area (TPSA) is 114 Å². The van der Waals surface area contributed by atoms with E-state index in [0.717, 1.165) is 128 Å². The van der Waals surface area contributed by atoms with Crippen LogP contribution in [0.2, 0.25) is 0 Å². The van der Waals surface area contributed by atoms with E-state index >= 15 is 0 Å². The van der Waals surface area contributed by atoms with Crippen LogP contribution >= 0.6 is 7.82 Å². The zero-order valence-electron chi connectivity index (χ0n) is 48.8. The van der Waals surface area contributed by atoms with Gasteiger partial charge in [0.2, 0.25) is 5.91 Å². The van der Waals surface area contributed by atoms with Crippen LogP contribution in [0.5, 0.6) is 0 Å². The van der Waals surface area contributed by atoms with Gasteiger partial charge in [-0.2, -0.15) is 0 Å². The van der Waals surface area contributed by atoms with E-state index in [1.54, 1.807) is 0 Å². The van der Waals surface area contributed by atoms with E-state index in [1.807, 2.05) is 33.3 Å². The van der Waals surface area contributed by atoms with Gasteiger partial charge in [-0.3, -0.25) is 14.2 Å². The Kier molecular flexibility index (Phi) is 51.5. The first-order valence-electron chi connectivity index (χ1n) is 30.4. The van der Waals surface area contributed by atoms with Crippen molar-refractivity contribution in [2.24, 2.45) is 0 Å². The Bertz CT molecular complexity index is 1540. The van der Waals surface area contributed by atoms with Gasteiger partial charge in [-0.05, 0) is 96.0 Å². The van der Waals surface area contributed by atoms with Gasteiger partial charge in [0, 0.05) is 12.8 Å². The number of ether oxygens (including phenoxy) is 1. The number of hydrogen-bond acceptors (Lipinski definition) is 7. The number of nitrogens with zero attached hydrogens (tertiary/aromatic N) is 1. The lowest BCUT2D eigenvalue weighted by molar-refractivity contribution is -0.870. The lowest BCUT2D eigenvalue weighted by atomic mass is 10.0. The van der Waals surface area contributed by atoms with Gasteiger partial charge in [0.1, 0.15) is 19.3 Å². The van der Waals surface area contributed by atoms with Gasteiger partial charge in [0.05, 0.1) is 33.8 Å². The zero-order valence-corrected chi connectivity index (χ0v) is 49.7. The number of phosphoric acid groups is 1. The smallest absolute Gasteiger partial charge is 0.306 e. The second-order valence-electron chi connectivity index (χ2n) is 21.5. The number of carbonyl (C=O) groups excluding carboxylic acids is 2. The van der Waals surface area contributed by atoms with Gasteiger partial charge >= 0.3 is 5.97 Å². The molecule has 0 aromatic carbocycles. The normalized spacial score (nSPS) is 14.3. The number of hydrogen-bond donors (Lipinski definition) is 1. The molecule has 0 saturated carbocycles. The average molecular weight is 1060 g/mol. The number of allylic oxidation sites excluding steroid dienone is 13. The third-order valence-corrected chi connectivity index (χ3v) is 14.0. The quantitative estimate of drug-likeness (QED) is 0.0212. The van der Waals surface area contributed by atoms with Gasteiger partial charge in [-0.25, -0.2) is 0 Å². The molecule has 0 aromatic heterocycles. The van der Waals surface area contributed by atoms with Crippen molar-refractivity contribution in [1.82, 2.24) is 5.32 Å². The second-order valence-corrected chi connectivity index (χ2v) is 22.9. The molecule has 74 heavy (non-hydrogen) atoms. The van der Waals surface area contributed by atoms with Crippen LogP contribution in [0.25, 0.3) is 0 Å². The number of quaternary nitrogens is 1. The fourth-order valence-corrected chi connectivity index (χ4v) is 9.08. The molecule has 9 nitrogen and oxygen atoms in total. The molecule has 0 fully saturated rings. The van der Waals surface area contributed by atoms with Crippen LogP contribution in [-0.2, 0) is 27.9 Å².